The first-order valence-corrected chi connectivity index (χ1v) is 5.53. The van der Waals surface area contributed by atoms with E-state index in [9.17, 15) is 9.59 Å². The standard InChI is InChI=1S/C11H19NO3/c1-4-9-7-10(13)5-6-12(9)11(14)15-8(2)3/h8-9H,4-7H2,1-3H3/t9-/m1/s1. The number of hydrogen-bond acceptors (Lipinski definition) is 3. The number of ether oxygens (including phenoxy) is 1. The molecule has 0 radical (unpaired) electrons. The minimum Gasteiger partial charge on any atom is -0.447 e. The van der Waals surface area contributed by atoms with Crippen LogP contribution in [0, 0.1) is 0 Å². The molecule has 1 atom stereocenters. The van der Waals surface area contributed by atoms with E-state index in [1.165, 1.54) is 0 Å². The molecular formula is C11H19NO3. The lowest BCUT2D eigenvalue weighted by atomic mass is 9.99. The quantitative estimate of drug-likeness (QED) is 0.704. The Kier molecular flexibility index (Phi) is 4.12. The second-order valence-electron chi connectivity index (χ2n) is 4.18. The fraction of sp³-hybridized carbons (Fsp3) is 0.818. The first kappa shape index (κ1) is 12.0. The smallest absolute Gasteiger partial charge is 0.410 e. The van der Waals surface area contributed by atoms with E-state index in [0.717, 1.165) is 6.42 Å². The average Bonchev–Trinajstić information content (AvgIpc) is 2.16. The van der Waals surface area contributed by atoms with Crippen molar-refractivity contribution in [1.82, 2.24) is 4.90 Å². The molecule has 4 heteroatoms. The third-order valence-electron chi connectivity index (χ3n) is 2.58. The number of ketones is 1. The van der Waals surface area contributed by atoms with Gasteiger partial charge >= 0.3 is 6.09 Å². The predicted octanol–water partition coefficient (Wildman–Crippen LogP) is 1.97. The van der Waals surface area contributed by atoms with Gasteiger partial charge in [-0.3, -0.25) is 4.79 Å². The largest absolute Gasteiger partial charge is 0.447 e. The number of Topliss-reactive ketones (excluding diaryl/α,β-unsaturated/α-hetero) is 1. The summed E-state index contributed by atoms with van der Waals surface area (Å²) < 4.78 is 5.13. The van der Waals surface area contributed by atoms with Crippen molar-refractivity contribution in [1.29, 1.82) is 0 Å². The number of hydrogen-bond donors (Lipinski definition) is 0. The molecule has 1 amide bonds. The van der Waals surface area contributed by atoms with E-state index in [1.54, 1.807) is 4.90 Å². The summed E-state index contributed by atoms with van der Waals surface area (Å²) in [5, 5.41) is 0. The third kappa shape index (κ3) is 3.22. The molecule has 1 aliphatic heterocycles. The molecule has 15 heavy (non-hydrogen) atoms. The van der Waals surface area contributed by atoms with Gasteiger partial charge in [-0.05, 0) is 20.3 Å². The molecule has 0 bridgehead atoms. The Morgan fingerprint density at radius 2 is 2.27 bits per heavy atom. The molecule has 0 aromatic carbocycles. The highest BCUT2D eigenvalue weighted by Crippen LogP contribution is 2.18. The first-order valence-electron chi connectivity index (χ1n) is 5.53. The number of carbonyl (C=O) groups excluding carboxylic acids is 2. The lowest BCUT2D eigenvalue weighted by Crippen LogP contribution is -2.46. The Balaban J connectivity index is 2.59. The van der Waals surface area contributed by atoms with E-state index >= 15 is 0 Å². The van der Waals surface area contributed by atoms with E-state index in [4.69, 9.17) is 4.74 Å². The van der Waals surface area contributed by atoms with Crippen LogP contribution in [0.3, 0.4) is 0 Å². The van der Waals surface area contributed by atoms with Crippen LogP contribution in [-0.4, -0.2) is 35.5 Å². The lowest BCUT2D eigenvalue weighted by molar-refractivity contribution is -0.122. The fourth-order valence-corrected chi connectivity index (χ4v) is 1.78. The van der Waals surface area contributed by atoms with E-state index < -0.39 is 0 Å². The van der Waals surface area contributed by atoms with Crippen molar-refractivity contribution < 1.29 is 14.3 Å². The summed E-state index contributed by atoms with van der Waals surface area (Å²) in [6.45, 7) is 6.14. The van der Waals surface area contributed by atoms with Crippen molar-refractivity contribution in [2.24, 2.45) is 0 Å². The number of amides is 1. The molecule has 4 nitrogen and oxygen atoms in total. The van der Waals surface area contributed by atoms with Gasteiger partial charge in [-0.1, -0.05) is 6.92 Å². The SMILES string of the molecule is CC[C@@H]1CC(=O)CCN1C(=O)OC(C)C. The van der Waals surface area contributed by atoms with Gasteiger partial charge in [0.1, 0.15) is 5.78 Å². The van der Waals surface area contributed by atoms with Crippen LogP contribution in [0.5, 0.6) is 0 Å². The minimum absolute atomic E-state index is 0.0255. The summed E-state index contributed by atoms with van der Waals surface area (Å²) in [4.78, 5) is 24.6. The maximum absolute atomic E-state index is 11.7. The van der Waals surface area contributed by atoms with Crippen LogP contribution in [0.25, 0.3) is 0 Å². The number of likely N-dealkylation sites (tertiary alicyclic amines) is 1. The van der Waals surface area contributed by atoms with E-state index in [2.05, 4.69) is 0 Å². The van der Waals surface area contributed by atoms with E-state index in [1.807, 2.05) is 20.8 Å². The van der Waals surface area contributed by atoms with Crippen LogP contribution in [0.15, 0.2) is 0 Å². The third-order valence-corrected chi connectivity index (χ3v) is 2.58. The molecule has 0 saturated carbocycles. The normalized spacial score (nSPS) is 22.0. The summed E-state index contributed by atoms with van der Waals surface area (Å²) in [6, 6.07) is 0.0255. The van der Waals surface area contributed by atoms with Gasteiger partial charge in [-0.15, -0.1) is 0 Å². The van der Waals surface area contributed by atoms with Crippen molar-refractivity contribution in [2.75, 3.05) is 6.54 Å². The molecule has 86 valence electrons. The monoisotopic (exact) mass is 213 g/mol. The number of nitrogens with zero attached hydrogens (tertiary/aromatic N) is 1. The minimum atomic E-state index is -0.288. The molecule has 0 aliphatic carbocycles. The maximum Gasteiger partial charge on any atom is 0.410 e. The van der Waals surface area contributed by atoms with Gasteiger partial charge in [0.05, 0.1) is 6.10 Å². The van der Waals surface area contributed by atoms with Crippen LogP contribution in [0.1, 0.15) is 40.0 Å². The maximum atomic E-state index is 11.7. The van der Waals surface area contributed by atoms with Gasteiger partial charge in [0.15, 0.2) is 0 Å². The van der Waals surface area contributed by atoms with Crippen LogP contribution in [-0.2, 0) is 9.53 Å². The highest BCUT2D eigenvalue weighted by molar-refractivity contribution is 5.82. The van der Waals surface area contributed by atoms with Crippen molar-refractivity contribution in [3.05, 3.63) is 0 Å². The Bertz CT molecular complexity index is 250. The van der Waals surface area contributed by atoms with Crippen molar-refractivity contribution >= 4 is 11.9 Å². The first-order chi connectivity index (χ1) is 7.04. The Labute approximate surface area is 90.6 Å². The van der Waals surface area contributed by atoms with Gasteiger partial charge in [-0.25, -0.2) is 4.79 Å². The number of rotatable bonds is 2. The van der Waals surface area contributed by atoms with Gasteiger partial charge < -0.3 is 9.64 Å². The summed E-state index contributed by atoms with van der Waals surface area (Å²) in [5.41, 5.74) is 0. The number of piperidine rings is 1. The molecule has 1 heterocycles. The van der Waals surface area contributed by atoms with Crippen LogP contribution in [0.4, 0.5) is 4.79 Å². The molecule has 1 fully saturated rings. The van der Waals surface area contributed by atoms with Crippen molar-refractivity contribution in [2.45, 2.75) is 52.2 Å². The lowest BCUT2D eigenvalue weighted by Gasteiger charge is -2.34. The molecule has 0 unspecified atom stereocenters. The van der Waals surface area contributed by atoms with Gasteiger partial charge in [-0.2, -0.15) is 0 Å². The molecular weight excluding hydrogens is 194 g/mol. The zero-order valence-electron chi connectivity index (χ0n) is 9.66. The van der Waals surface area contributed by atoms with Gasteiger partial charge in [0.2, 0.25) is 0 Å². The van der Waals surface area contributed by atoms with Gasteiger partial charge in [0.25, 0.3) is 0 Å². The summed E-state index contributed by atoms with van der Waals surface area (Å²) in [7, 11) is 0. The zero-order valence-corrected chi connectivity index (χ0v) is 9.66. The predicted molar refractivity (Wildman–Crippen MR) is 56.6 cm³/mol. The molecule has 0 aromatic heterocycles. The molecule has 1 rings (SSSR count). The van der Waals surface area contributed by atoms with Gasteiger partial charge in [0, 0.05) is 25.4 Å². The topological polar surface area (TPSA) is 46.6 Å². The molecule has 1 aliphatic rings. The Morgan fingerprint density at radius 3 is 2.80 bits per heavy atom. The molecule has 0 aromatic rings. The zero-order chi connectivity index (χ0) is 11.4. The summed E-state index contributed by atoms with van der Waals surface area (Å²) in [6.07, 6.45) is 1.35. The summed E-state index contributed by atoms with van der Waals surface area (Å²) in [5.74, 6) is 0.246. The fourth-order valence-electron chi connectivity index (χ4n) is 1.78. The summed E-state index contributed by atoms with van der Waals surface area (Å²) >= 11 is 0. The Hall–Kier alpha value is -1.06. The second-order valence-corrected chi connectivity index (χ2v) is 4.18. The van der Waals surface area contributed by atoms with Crippen molar-refractivity contribution in [3.8, 4) is 0 Å². The average molecular weight is 213 g/mol. The molecule has 0 N–H and O–H groups in total. The molecule has 1 saturated heterocycles. The van der Waals surface area contributed by atoms with Crippen LogP contribution < -0.4 is 0 Å². The highest BCUT2D eigenvalue weighted by Gasteiger charge is 2.30. The van der Waals surface area contributed by atoms with E-state index in [0.29, 0.717) is 19.4 Å². The highest BCUT2D eigenvalue weighted by atomic mass is 16.6. The van der Waals surface area contributed by atoms with Crippen molar-refractivity contribution in [3.63, 3.8) is 0 Å². The van der Waals surface area contributed by atoms with Crippen LogP contribution in [0.2, 0.25) is 0 Å². The number of carbonyl (C=O) groups is 2. The Morgan fingerprint density at radius 1 is 1.60 bits per heavy atom. The van der Waals surface area contributed by atoms with Crippen LogP contribution >= 0.6 is 0 Å². The van der Waals surface area contributed by atoms with E-state index in [-0.39, 0.29) is 24.0 Å². The second kappa shape index (κ2) is 5.14. The molecule has 0 spiro atoms.